The molecule has 0 N–H and O–H groups in total. The van der Waals surface area contributed by atoms with Crippen molar-refractivity contribution in [1.29, 1.82) is 0 Å². The van der Waals surface area contributed by atoms with Gasteiger partial charge in [-0.2, -0.15) is 4.52 Å². The van der Waals surface area contributed by atoms with E-state index in [0.29, 0.717) is 17.3 Å². The van der Waals surface area contributed by atoms with Gasteiger partial charge in [-0.15, -0.1) is 0 Å². The molecule has 6 rings (SSSR count). The molecule has 1 saturated carbocycles. The smallest absolute Gasteiger partial charge is 0.259 e. The van der Waals surface area contributed by atoms with E-state index >= 15 is 0 Å². The fraction of sp³-hybridized carbons (Fsp3) is 0.333. The van der Waals surface area contributed by atoms with Crippen LogP contribution in [-0.4, -0.2) is 31.7 Å². The molecule has 7 nitrogen and oxygen atoms in total. The lowest BCUT2D eigenvalue weighted by molar-refractivity contribution is 0.409. The Balaban J connectivity index is 1.66. The summed E-state index contributed by atoms with van der Waals surface area (Å²) in [6.45, 7) is 0.383. The number of hydrogen-bond acceptors (Lipinski definition) is 5. The second-order valence-electron chi connectivity index (χ2n) is 8.82. The third-order valence-corrected chi connectivity index (χ3v) is 7.30. The molecule has 2 aromatic heterocycles. The molecule has 2 aliphatic carbocycles. The van der Waals surface area contributed by atoms with Crippen LogP contribution in [0.3, 0.4) is 0 Å². The lowest BCUT2D eigenvalue weighted by Crippen LogP contribution is -2.41. The molecule has 2 aromatic carbocycles. The summed E-state index contributed by atoms with van der Waals surface area (Å²) < 4.78 is 8.94. The Hall–Kier alpha value is -3.19. The maximum atomic E-state index is 14.1. The Morgan fingerprint density at radius 2 is 1.91 bits per heavy atom. The van der Waals surface area contributed by atoms with Crippen molar-refractivity contribution in [2.24, 2.45) is 0 Å². The molecule has 32 heavy (non-hydrogen) atoms. The summed E-state index contributed by atoms with van der Waals surface area (Å²) >= 11 is 6.06. The number of hydrogen-bond donors (Lipinski definition) is 0. The molecule has 4 aromatic rings. The number of fused-ring (bicyclic) bond motifs is 6. The van der Waals surface area contributed by atoms with Crippen molar-refractivity contribution in [3.8, 4) is 17.0 Å². The van der Waals surface area contributed by atoms with Gasteiger partial charge in [0, 0.05) is 16.0 Å². The van der Waals surface area contributed by atoms with E-state index in [0.717, 1.165) is 60.2 Å². The third kappa shape index (κ3) is 2.80. The quantitative estimate of drug-likeness (QED) is 0.474. The van der Waals surface area contributed by atoms with Crippen LogP contribution in [0.2, 0.25) is 5.02 Å². The van der Waals surface area contributed by atoms with Crippen molar-refractivity contribution in [3.05, 3.63) is 74.5 Å². The Labute approximate surface area is 189 Å². The van der Waals surface area contributed by atoms with Crippen molar-refractivity contribution in [3.63, 3.8) is 0 Å². The van der Waals surface area contributed by atoms with E-state index in [-0.39, 0.29) is 11.0 Å². The second kappa shape index (κ2) is 7.17. The minimum Gasteiger partial charge on any atom is -0.497 e. The number of aromatic nitrogens is 5. The van der Waals surface area contributed by atoms with Gasteiger partial charge in [0.15, 0.2) is 0 Å². The summed E-state index contributed by atoms with van der Waals surface area (Å²) in [6.07, 6.45) is 5.08. The third-order valence-electron chi connectivity index (χ3n) is 7.05. The molecular weight excluding hydrogens is 426 g/mol. The van der Waals surface area contributed by atoms with Gasteiger partial charge in [0.1, 0.15) is 5.75 Å². The van der Waals surface area contributed by atoms with E-state index in [2.05, 4.69) is 21.6 Å². The molecule has 0 aliphatic heterocycles. The normalized spacial score (nSPS) is 16.3. The van der Waals surface area contributed by atoms with Crippen molar-refractivity contribution in [2.75, 3.05) is 7.11 Å². The average molecular weight is 448 g/mol. The molecule has 2 heterocycles. The highest BCUT2D eigenvalue weighted by atomic mass is 35.5. The largest absolute Gasteiger partial charge is 0.497 e. The van der Waals surface area contributed by atoms with Gasteiger partial charge in [-0.3, -0.25) is 9.36 Å². The zero-order chi connectivity index (χ0) is 21.9. The Kier molecular flexibility index (Phi) is 4.37. The molecule has 162 valence electrons. The van der Waals surface area contributed by atoms with Crippen molar-refractivity contribution >= 4 is 17.4 Å². The highest BCUT2D eigenvalue weighted by Gasteiger charge is 2.45. The molecular formula is C24H22ClN5O2. The van der Waals surface area contributed by atoms with Gasteiger partial charge in [0.25, 0.3) is 11.3 Å². The van der Waals surface area contributed by atoms with Crippen LogP contribution in [0.5, 0.6) is 5.75 Å². The van der Waals surface area contributed by atoms with Gasteiger partial charge in [0.05, 0.1) is 24.9 Å². The molecule has 0 bridgehead atoms. The maximum Gasteiger partial charge on any atom is 0.259 e. The zero-order valence-electron chi connectivity index (χ0n) is 17.7. The molecule has 1 spiro atoms. The van der Waals surface area contributed by atoms with Crippen molar-refractivity contribution in [2.45, 2.75) is 44.1 Å². The van der Waals surface area contributed by atoms with E-state index in [1.54, 1.807) is 16.2 Å². The first-order valence-corrected chi connectivity index (χ1v) is 11.2. The molecule has 8 heteroatoms. The van der Waals surface area contributed by atoms with Gasteiger partial charge in [-0.1, -0.05) is 47.7 Å². The Morgan fingerprint density at radius 1 is 1.12 bits per heavy atom. The maximum absolute atomic E-state index is 14.1. The summed E-state index contributed by atoms with van der Waals surface area (Å²) in [7, 11) is 1.65. The minimum absolute atomic E-state index is 0.00683. The van der Waals surface area contributed by atoms with Crippen LogP contribution in [0, 0.1) is 0 Å². The zero-order valence-corrected chi connectivity index (χ0v) is 18.5. The fourth-order valence-corrected chi connectivity index (χ4v) is 5.68. The summed E-state index contributed by atoms with van der Waals surface area (Å²) in [5, 5.41) is 13.2. The number of rotatable bonds is 3. The van der Waals surface area contributed by atoms with Gasteiger partial charge in [-0.25, -0.2) is 0 Å². The van der Waals surface area contributed by atoms with Crippen LogP contribution in [0.15, 0.2) is 47.3 Å². The predicted octanol–water partition coefficient (Wildman–Crippen LogP) is 4.03. The van der Waals surface area contributed by atoms with Crippen LogP contribution in [0.4, 0.5) is 0 Å². The minimum atomic E-state index is -0.185. The average Bonchev–Trinajstić information content (AvgIpc) is 3.47. The molecule has 0 radical (unpaired) electrons. The molecule has 0 saturated heterocycles. The van der Waals surface area contributed by atoms with E-state index in [1.165, 1.54) is 5.56 Å². The number of benzene rings is 2. The summed E-state index contributed by atoms with van der Waals surface area (Å²) in [5.41, 5.74) is 4.62. The monoisotopic (exact) mass is 447 g/mol. The summed E-state index contributed by atoms with van der Waals surface area (Å²) in [6, 6.07) is 13.6. The number of tetrazole rings is 1. The Bertz CT molecular complexity index is 1400. The lowest BCUT2D eigenvalue weighted by atomic mass is 9.68. The van der Waals surface area contributed by atoms with Gasteiger partial charge in [0.2, 0.25) is 0 Å². The van der Waals surface area contributed by atoms with E-state index < -0.39 is 0 Å². The van der Waals surface area contributed by atoms with E-state index in [9.17, 15) is 4.79 Å². The molecule has 0 atom stereocenters. The number of halogens is 1. The first-order chi connectivity index (χ1) is 15.6. The second-order valence-corrected chi connectivity index (χ2v) is 9.26. The van der Waals surface area contributed by atoms with Crippen molar-refractivity contribution < 1.29 is 4.74 Å². The number of methoxy groups -OCH3 is 1. The van der Waals surface area contributed by atoms with Crippen LogP contribution < -0.4 is 10.3 Å². The number of nitrogens with zero attached hydrogens (tertiary/aromatic N) is 5. The Morgan fingerprint density at radius 3 is 2.66 bits per heavy atom. The first-order valence-electron chi connectivity index (χ1n) is 10.9. The van der Waals surface area contributed by atoms with Crippen molar-refractivity contribution in [1.82, 2.24) is 24.6 Å². The first kappa shape index (κ1) is 19.5. The van der Waals surface area contributed by atoms with E-state index in [4.69, 9.17) is 16.3 Å². The lowest BCUT2D eigenvalue weighted by Gasteiger charge is -2.36. The van der Waals surface area contributed by atoms with Crippen LogP contribution in [-0.2, 0) is 18.4 Å². The van der Waals surface area contributed by atoms with Gasteiger partial charge in [-0.05, 0) is 65.1 Å². The fourth-order valence-electron chi connectivity index (χ4n) is 5.56. The number of ether oxygens (including phenoxy) is 1. The highest BCUT2D eigenvalue weighted by Crippen LogP contribution is 2.50. The van der Waals surface area contributed by atoms with Gasteiger partial charge < -0.3 is 4.74 Å². The van der Waals surface area contributed by atoms with Gasteiger partial charge >= 0.3 is 0 Å². The molecule has 0 amide bonds. The summed E-state index contributed by atoms with van der Waals surface area (Å²) in [4.78, 5) is 14.1. The van der Waals surface area contributed by atoms with Crippen LogP contribution >= 0.6 is 11.6 Å². The van der Waals surface area contributed by atoms with E-state index in [1.807, 2.05) is 36.4 Å². The van der Waals surface area contributed by atoms with Crippen LogP contribution in [0.25, 0.3) is 17.0 Å². The summed E-state index contributed by atoms with van der Waals surface area (Å²) in [5.74, 6) is 1.19. The molecule has 0 unspecified atom stereocenters. The topological polar surface area (TPSA) is 74.3 Å². The van der Waals surface area contributed by atoms with Crippen LogP contribution in [0.1, 0.15) is 42.4 Å². The predicted molar refractivity (Wildman–Crippen MR) is 121 cm³/mol. The standard InChI is InChI=1S/C24H22ClN5O2/c1-32-18-9-6-16-13-24(10-2-3-11-24)20-21(19(16)12-18)30-23(26-27-28-30)29(22(20)31)14-15-4-7-17(25)8-5-15/h4-9,12H,2-3,10-11,13-14H2,1H3. The highest BCUT2D eigenvalue weighted by molar-refractivity contribution is 6.30. The molecule has 1 fully saturated rings. The SMILES string of the molecule is COc1ccc2c(c1)-c1c(c(=O)n(Cc3ccc(Cl)cc3)c3nnnn13)C1(CCCC1)C2. The molecule has 2 aliphatic rings.